The lowest BCUT2D eigenvalue weighted by atomic mass is 10.1. The van der Waals surface area contributed by atoms with Crippen molar-refractivity contribution in [3.63, 3.8) is 0 Å². The van der Waals surface area contributed by atoms with Crippen molar-refractivity contribution in [3.8, 4) is 39.6 Å². The normalized spacial score (nSPS) is 13.5. The van der Waals surface area contributed by atoms with E-state index < -0.39 is 8.07 Å². The van der Waals surface area contributed by atoms with Crippen LogP contribution in [-0.2, 0) is 0 Å². The topological polar surface area (TPSA) is 43.9 Å². The van der Waals surface area contributed by atoms with Gasteiger partial charge in [0.05, 0.1) is 22.4 Å². The minimum absolute atomic E-state index is 0.766. The molecule has 0 radical (unpaired) electrons. The number of para-hydroxylation sites is 2. The van der Waals surface area contributed by atoms with Crippen LogP contribution in [0.1, 0.15) is 0 Å². The van der Waals surface area contributed by atoms with E-state index in [-0.39, 0.29) is 0 Å². The van der Waals surface area contributed by atoms with Gasteiger partial charge < -0.3 is 8.98 Å². The maximum Gasteiger partial charge on any atom is 0.160 e. The number of nitrogens with zero attached hydrogens (tertiary/aromatic N) is 3. The third kappa shape index (κ3) is 3.75. The van der Waals surface area contributed by atoms with Crippen LogP contribution < -0.4 is 10.4 Å². The maximum atomic E-state index is 6.34. The molecular weight excluding hydrogens is 591 g/mol. The second kappa shape index (κ2) is 9.61. The Morgan fingerprint density at radius 3 is 2.09 bits per heavy atom. The van der Waals surface area contributed by atoms with E-state index in [1.165, 1.54) is 32.2 Å². The van der Waals surface area contributed by atoms with Crippen molar-refractivity contribution in [2.45, 2.75) is 13.1 Å². The van der Waals surface area contributed by atoms with Crippen molar-refractivity contribution in [2.75, 3.05) is 0 Å². The Morgan fingerprint density at radius 2 is 1.23 bits per heavy atom. The van der Waals surface area contributed by atoms with Crippen LogP contribution in [0.2, 0.25) is 13.1 Å². The van der Waals surface area contributed by atoms with Gasteiger partial charge in [-0.2, -0.15) is 0 Å². The lowest BCUT2D eigenvalue weighted by Crippen LogP contribution is -2.50. The summed E-state index contributed by atoms with van der Waals surface area (Å²) in [7, 11) is -2.05. The second-order valence-corrected chi connectivity index (χ2v) is 17.3. The van der Waals surface area contributed by atoms with Gasteiger partial charge in [0.2, 0.25) is 0 Å². The molecule has 0 spiro atoms. The Morgan fingerprint density at radius 1 is 0.532 bits per heavy atom. The molecule has 5 heteroatoms. The van der Waals surface area contributed by atoms with Crippen LogP contribution >= 0.6 is 0 Å². The van der Waals surface area contributed by atoms with Crippen molar-refractivity contribution in [3.05, 3.63) is 140 Å². The summed E-state index contributed by atoms with van der Waals surface area (Å²) in [6, 6.07) is 49.5. The molecule has 1 aliphatic rings. The molecule has 0 aliphatic carbocycles. The highest BCUT2D eigenvalue weighted by Gasteiger charge is 2.41. The molecule has 47 heavy (non-hydrogen) atoms. The van der Waals surface area contributed by atoms with Gasteiger partial charge in [-0.3, -0.25) is 0 Å². The molecule has 0 saturated heterocycles. The summed E-state index contributed by atoms with van der Waals surface area (Å²) < 4.78 is 8.69. The van der Waals surface area contributed by atoms with Gasteiger partial charge in [-0.15, -0.1) is 0 Å². The lowest BCUT2D eigenvalue weighted by Gasteiger charge is -2.21. The minimum atomic E-state index is -2.05. The lowest BCUT2D eigenvalue weighted by molar-refractivity contribution is 0.669. The monoisotopic (exact) mass is 619 g/mol. The third-order valence-corrected chi connectivity index (χ3v) is 13.5. The number of aromatic nitrogens is 3. The third-order valence-electron chi connectivity index (χ3n) is 9.99. The first-order chi connectivity index (χ1) is 23.1. The molecule has 0 fully saturated rings. The Bertz CT molecular complexity index is 2700. The molecule has 3 aromatic heterocycles. The predicted molar refractivity (Wildman–Crippen MR) is 197 cm³/mol. The molecule has 0 atom stereocenters. The van der Waals surface area contributed by atoms with Gasteiger partial charge in [0, 0.05) is 44.4 Å². The highest BCUT2D eigenvalue weighted by molar-refractivity contribution is 7.04. The molecule has 0 unspecified atom stereocenters. The first kappa shape index (κ1) is 26.4. The number of hydrogen-bond acceptors (Lipinski definition) is 3. The van der Waals surface area contributed by atoms with Crippen LogP contribution in [0.3, 0.4) is 0 Å². The van der Waals surface area contributed by atoms with Gasteiger partial charge in [-0.1, -0.05) is 116 Å². The smallest absolute Gasteiger partial charge is 0.160 e. The van der Waals surface area contributed by atoms with Crippen LogP contribution in [0, 0.1) is 0 Å². The van der Waals surface area contributed by atoms with Gasteiger partial charge in [0.15, 0.2) is 5.82 Å². The van der Waals surface area contributed by atoms with Crippen LogP contribution in [0.5, 0.6) is 0 Å². The van der Waals surface area contributed by atoms with E-state index in [1.807, 2.05) is 18.2 Å². The summed E-state index contributed by atoms with van der Waals surface area (Å²) in [5.74, 6) is 0.766. The predicted octanol–water partition coefficient (Wildman–Crippen LogP) is 9.61. The Hall–Kier alpha value is -5.78. The molecule has 0 bridgehead atoms. The second-order valence-electron chi connectivity index (χ2n) is 13.0. The van der Waals surface area contributed by atoms with Crippen molar-refractivity contribution < 1.29 is 4.42 Å². The maximum absolute atomic E-state index is 6.34. The average Bonchev–Trinajstić information content (AvgIpc) is 3.72. The average molecular weight is 620 g/mol. The highest BCUT2D eigenvalue weighted by atomic mass is 28.3. The van der Waals surface area contributed by atoms with Gasteiger partial charge >= 0.3 is 0 Å². The fourth-order valence-electron chi connectivity index (χ4n) is 7.78. The van der Waals surface area contributed by atoms with Crippen molar-refractivity contribution in [1.82, 2.24) is 14.5 Å². The molecule has 4 nitrogen and oxygen atoms in total. The van der Waals surface area contributed by atoms with Crippen molar-refractivity contribution in [2.24, 2.45) is 0 Å². The largest absolute Gasteiger partial charge is 0.456 e. The number of hydrogen-bond donors (Lipinski definition) is 0. The van der Waals surface area contributed by atoms with E-state index in [0.29, 0.717) is 0 Å². The summed E-state index contributed by atoms with van der Waals surface area (Å²) in [6.45, 7) is 4.86. The number of benzene rings is 6. The SMILES string of the molecule is C[Si]1(C)c2ccccc2-c2nc(-c3ccccc3)nc(-c3ccc(-n4c5ccccc5c5cc6c(cc54)oc4ccccc46)cc3)c21. The molecule has 6 aromatic carbocycles. The number of fused-ring (bicyclic) bond motifs is 9. The van der Waals surface area contributed by atoms with Crippen molar-refractivity contribution in [1.29, 1.82) is 0 Å². The summed E-state index contributed by atoms with van der Waals surface area (Å²) in [6.07, 6.45) is 0. The van der Waals surface area contributed by atoms with E-state index in [9.17, 15) is 0 Å². The zero-order chi connectivity index (χ0) is 31.3. The first-order valence-electron chi connectivity index (χ1n) is 16.1. The van der Waals surface area contributed by atoms with Crippen LogP contribution in [0.25, 0.3) is 83.3 Å². The van der Waals surface area contributed by atoms with E-state index in [0.717, 1.165) is 61.5 Å². The van der Waals surface area contributed by atoms with Gasteiger partial charge in [-0.05, 0) is 46.3 Å². The van der Waals surface area contributed by atoms with Crippen molar-refractivity contribution >= 4 is 62.2 Å². The standard InChI is InChI=1S/C42H29N3OSi/c1-47(2)38-19-11-8-16-31(38)40-41(47)39(43-42(44-40)27-12-4-3-5-13-27)26-20-22-28(23-21-26)45-34-17-9-6-14-29(34)32-24-33-30-15-7-10-18-36(30)46-37(33)25-35(32)45/h3-25H,1-2H3. The molecule has 0 N–H and O–H groups in total. The zero-order valence-corrected chi connectivity index (χ0v) is 27.0. The van der Waals surface area contributed by atoms with E-state index >= 15 is 0 Å². The highest BCUT2D eigenvalue weighted by Crippen LogP contribution is 2.39. The fraction of sp³-hybridized carbons (Fsp3) is 0.0476. The van der Waals surface area contributed by atoms with Gasteiger partial charge in [0.1, 0.15) is 19.2 Å². The van der Waals surface area contributed by atoms with Crippen LogP contribution in [0.4, 0.5) is 0 Å². The summed E-state index contributed by atoms with van der Waals surface area (Å²) in [4.78, 5) is 10.5. The summed E-state index contributed by atoms with van der Waals surface area (Å²) >= 11 is 0. The first-order valence-corrected chi connectivity index (χ1v) is 19.1. The Balaban J connectivity index is 1.18. The minimum Gasteiger partial charge on any atom is -0.456 e. The molecule has 1 aliphatic heterocycles. The van der Waals surface area contributed by atoms with Crippen LogP contribution in [0.15, 0.2) is 144 Å². The fourth-order valence-corrected chi connectivity index (χ4v) is 11.0. The number of rotatable bonds is 3. The van der Waals surface area contributed by atoms with E-state index in [2.05, 4.69) is 139 Å². The Labute approximate surface area is 272 Å². The molecule has 10 rings (SSSR count). The van der Waals surface area contributed by atoms with E-state index in [1.54, 1.807) is 0 Å². The number of furan rings is 1. The molecule has 222 valence electrons. The molecule has 0 amide bonds. The quantitative estimate of drug-likeness (QED) is 0.185. The molecule has 9 aromatic rings. The molecule has 0 saturated carbocycles. The van der Waals surface area contributed by atoms with Gasteiger partial charge in [-0.25, -0.2) is 9.97 Å². The Kier molecular flexibility index (Phi) is 5.41. The molecular formula is C42H29N3OSi. The molecule has 4 heterocycles. The summed E-state index contributed by atoms with van der Waals surface area (Å²) in [5.41, 5.74) is 10.7. The van der Waals surface area contributed by atoms with E-state index in [4.69, 9.17) is 14.4 Å². The van der Waals surface area contributed by atoms with Crippen LogP contribution in [-0.4, -0.2) is 22.6 Å². The zero-order valence-electron chi connectivity index (χ0n) is 26.0. The van der Waals surface area contributed by atoms with Gasteiger partial charge in [0.25, 0.3) is 0 Å². The summed E-state index contributed by atoms with van der Waals surface area (Å²) in [5, 5.41) is 7.48.